The average molecular weight is 425 g/mol. The topological polar surface area (TPSA) is 29.7 Å². The first-order valence-corrected chi connectivity index (χ1v) is 11.4. The first-order valence-electron chi connectivity index (χ1n) is 11.4. The molecule has 0 aliphatic carbocycles. The zero-order valence-electron chi connectivity index (χ0n) is 20.6. The Hall–Kier alpha value is -3.07. The lowest BCUT2D eigenvalue weighted by atomic mass is 9.83. The zero-order valence-corrected chi connectivity index (χ0v) is 20.6. The van der Waals surface area contributed by atoms with Crippen LogP contribution in [0.25, 0.3) is 33.3 Å². The highest BCUT2D eigenvalue weighted by molar-refractivity contribution is 5.96. The quantitative estimate of drug-likeness (QED) is 0.338. The Bertz CT molecular complexity index is 1310. The maximum Gasteiger partial charge on any atom is 0.220 e. The lowest BCUT2D eigenvalue weighted by Gasteiger charge is -2.22. The molecule has 0 atom stereocenters. The first-order chi connectivity index (χ1) is 15.1. The van der Waals surface area contributed by atoms with Gasteiger partial charge in [-0.15, -0.1) is 0 Å². The van der Waals surface area contributed by atoms with Crippen LogP contribution in [0.3, 0.4) is 0 Å². The minimum absolute atomic E-state index is 0.102. The van der Waals surface area contributed by atoms with E-state index < -0.39 is 0 Å². The highest BCUT2D eigenvalue weighted by Gasteiger charge is 2.22. The molecule has 0 unspecified atom stereocenters. The Balaban J connectivity index is 1.93. The summed E-state index contributed by atoms with van der Waals surface area (Å²) in [5.41, 5.74) is 8.80. The summed E-state index contributed by atoms with van der Waals surface area (Å²) in [6.45, 7) is 15.6. The van der Waals surface area contributed by atoms with E-state index in [4.69, 9.17) is 4.98 Å². The molecule has 2 aromatic carbocycles. The molecular weight excluding hydrogens is 390 g/mol. The van der Waals surface area contributed by atoms with E-state index in [1.54, 1.807) is 0 Å². The van der Waals surface area contributed by atoms with Gasteiger partial charge in [-0.3, -0.25) is 0 Å². The molecule has 0 aliphatic rings. The summed E-state index contributed by atoms with van der Waals surface area (Å²) in [6, 6.07) is 15.6. The molecular formula is C29H34N3+. The number of hydrogen-bond donors (Lipinski definition) is 0. The molecule has 32 heavy (non-hydrogen) atoms. The molecule has 3 heteroatoms. The van der Waals surface area contributed by atoms with Crippen LogP contribution in [-0.2, 0) is 12.5 Å². The van der Waals surface area contributed by atoms with Gasteiger partial charge in [-0.1, -0.05) is 46.8 Å². The number of rotatable bonds is 3. The third-order valence-electron chi connectivity index (χ3n) is 6.41. The molecule has 4 rings (SSSR count). The Kier molecular flexibility index (Phi) is 5.62. The van der Waals surface area contributed by atoms with Gasteiger partial charge in [0.2, 0.25) is 5.69 Å². The highest BCUT2D eigenvalue weighted by Crippen LogP contribution is 2.35. The third kappa shape index (κ3) is 4.04. The van der Waals surface area contributed by atoms with Crippen molar-refractivity contribution >= 4 is 10.8 Å². The molecule has 0 amide bonds. The summed E-state index contributed by atoms with van der Waals surface area (Å²) in [5, 5.41) is 2.48. The minimum Gasteiger partial charge on any atom is -0.241 e. The van der Waals surface area contributed by atoms with Crippen LogP contribution >= 0.6 is 0 Å². The second kappa shape index (κ2) is 8.12. The van der Waals surface area contributed by atoms with Crippen molar-refractivity contribution in [2.45, 2.75) is 59.8 Å². The van der Waals surface area contributed by atoms with E-state index in [2.05, 4.69) is 108 Å². The molecule has 0 fully saturated rings. The maximum atomic E-state index is 4.80. The Morgan fingerprint density at radius 3 is 2.38 bits per heavy atom. The molecule has 0 spiro atoms. The van der Waals surface area contributed by atoms with Crippen LogP contribution in [0.5, 0.6) is 0 Å². The number of nitrogens with zero attached hydrogens (tertiary/aromatic N) is 3. The van der Waals surface area contributed by atoms with Crippen molar-refractivity contribution in [3.63, 3.8) is 0 Å². The average Bonchev–Trinajstić information content (AvgIpc) is 2.75. The third-order valence-corrected chi connectivity index (χ3v) is 6.41. The Morgan fingerprint density at radius 1 is 0.938 bits per heavy atom. The number of benzene rings is 2. The number of hydrogen-bond acceptors (Lipinski definition) is 2. The summed E-state index contributed by atoms with van der Waals surface area (Å²) in [7, 11) is 2.14. The molecule has 2 aromatic heterocycles. The van der Waals surface area contributed by atoms with Gasteiger partial charge in [-0.2, -0.15) is 0 Å². The van der Waals surface area contributed by atoms with E-state index >= 15 is 0 Å². The standard InChI is InChI=1S/C29H34N3/c1-18(2)28-30-13-11-26(31-28)22-9-10-24-21(16-22)12-14-32(8)27(24)25-17-23(29(5,6)7)15-19(3)20(25)4/h9-18H,1-8H3/q+1. The van der Waals surface area contributed by atoms with Crippen molar-refractivity contribution in [1.82, 2.24) is 9.97 Å². The molecule has 0 N–H and O–H groups in total. The molecule has 0 saturated carbocycles. The first kappa shape index (κ1) is 22.1. The van der Waals surface area contributed by atoms with Crippen LogP contribution in [0.2, 0.25) is 0 Å². The maximum absolute atomic E-state index is 4.80. The molecule has 2 heterocycles. The Morgan fingerprint density at radius 2 is 1.69 bits per heavy atom. The van der Waals surface area contributed by atoms with E-state index in [0.717, 1.165) is 17.1 Å². The van der Waals surface area contributed by atoms with E-state index in [0.29, 0.717) is 5.92 Å². The highest BCUT2D eigenvalue weighted by atomic mass is 14.9. The van der Waals surface area contributed by atoms with E-state index in [-0.39, 0.29) is 5.41 Å². The van der Waals surface area contributed by atoms with Crippen molar-refractivity contribution in [3.8, 4) is 22.5 Å². The van der Waals surface area contributed by atoms with Crippen molar-refractivity contribution in [2.75, 3.05) is 0 Å². The van der Waals surface area contributed by atoms with Crippen molar-refractivity contribution in [1.29, 1.82) is 0 Å². The molecule has 0 bridgehead atoms. The van der Waals surface area contributed by atoms with E-state index in [1.165, 1.54) is 38.7 Å². The van der Waals surface area contributed by atoms with Gasteiger partial charge in [0.15, 0.2) is 6.20 Å². The van der Waals surface area contributed by atoms with E-state index in [1.807, 2.05) is 12.3 Å². The number of aromatic nitrogens is 3. The fraction of sp³-hybridized carbons (Fsp3) is 0.345. The normalized spacial score (nSPS) is 12.0. The fourth-order valence-electron chi connectivity index (χ4n) is 4.22. The summed E-state index contributed by atoms with van der Waals surface area (Å²) in [5.74, 6) is 1.19. The van der Waals surface area contributed by atoms with Crippen LogP contribution in [0.1, 0.15) is 63.1 Å². The molecule has 164 valence electrons. The SMILES string of the molecule is Cc1cc(C(C)(C)C)cc(-c2c3ccc(-c4ccnc(C(C)C)n4)cc3cc[n+]2C)c1C. The molecule has 4 aromatic rings. The number of fused-ring (bicyclic) bond motifs is 1. The fourth-order valence-corrected chi connectivity index (χ4v) is 4.22. The van der Waals surface area contributed by atoms with Crippen molar-refractivity contribution < 1.29 is 4.57 Å². The number of aryl methyl sites for hydroxylation is 2. The van der Waals surface area contributed by atoms with E-state index in [9.17, 15) is 0 Å². The molecule has 0 saturated heterocycles. The smallest absolute Gasteiger partial charge is 0.220 e. The largest absolute Gasteiger partial charge is 0.241 e. The lowest BCUT2D eigenvalue weighted by Crippen LogP contribution is -2.31. The summed E-state index contributed by atoms with van der Waals surface area (Å²) < 4.78 is 2.25. The van der Waals surface area contributed by atoms with Gasteiger partial charge in [0.25, 0.3) is 0 Å². The lowest BCUT2D eigenvalue weighted by molar-refractivity contribution is -0.659. The van der Waals surface area contributed by atoms with Gasteiger partial charge < -0.3 is 0 Å². The van der Waals surface area contributed by atoms with Crippen LogP contribution in [0.15, 0.2) is 54.9 Å². The van der Waals surface area contributed by atoms with Crippen LogP contribution in [-0.4, -0.2) is 9.97 Å². The van der Waals surface area contributed by atoms with Gasteiger partial charge in [0.1, 0.15) is 12.9 Å². The van der Waals surface area contributed by atoms with Gasteiger partial charge in [-0.05, 0) is 65.6 Å². The van der Waals surface area contributed by atoms with Crippen LogP contribution < -0.4 is 4.57 Å². The zero-order chi connectivity index (χ0) is 23.2. The summed E-state index contributed by atoms with van der Waals surface area (Å²) >= 11 is 0. The van der Waals surface area contributed by atoms with Gasteiger partial charge in [0, 0.05) is 23.7 Å². The summed E-state index contributed by atoms with van der Waals surface area (Å²) in [6.07, 6.45) is 4.03. The molecule has 0 radical (unpaired) electrons. The Labute approximate surface area is 192 Å². The van der Waals surface area contributed by atoms with Gasteiger partial charge in [-0.25, -0.2) is 14.5 Å². The van der Waals surface area contributed by atoms with Crippen LogP contribution in [0, 0.1) is 13.8 Å². The minimum atomic E-state index is 0.102. The second-order valence-corrected chi connectivity index (χ2v) is 10.2. The van der Waals surface area contributed by atoms with Crippen molar-refractivity contribution in [3.05, 3.63) is 77.4 Å². The van der Waals surface area contributed by atoms with Crippen LogP contribution in [0.4, 0.5) is 0 Å². The molecule has 3 nitrogen and oxygen atoms in total. The second-order valence-electron chi connectivity index (χ2n) is 10.2. The summed E-state index contributed by atoms with van der Waals surface area (Å²) in [4.78, 5) is 9.22. The van der Waals surface area contributed by atoms with Gasteiger partial charge in [0.05, 0.1) is 16.6 Å². The predicted molar refractivity (Wildman–Crippen MR) is 134 cm³/mol. The monoisotopic (exact) mass is 424 g/mol. The predicted octanol–water partition coefficient (Wildman–Crippen LogP) is 6.83. The number of pyridine rings is 1. The van der Waals surface area contributed by atoms with Gasteiger partial charge >= 0.3 is 0 Å². The van der Waals surface area contributed by atoms with Crippen molar-refractivity contribution in [2.24, 2.45) is 7.05 Å². The molecule has 0 aliphatic heterocycles.